The van der Waals surface area contributed by atoms with E-state index in [4.69, 9.17) is 4.98 Å². The van der Waals surface area contributed by atoms with E-state index in [9.17, 15) is 0 Å². The van der Waals surface area contributed by atoms with Gasteiger partial charge in [-0.15, -0.1) is 11.3 Å². The number of halogens is 1. The number of rotatable bonds is 3. The van der Waals surface area contributed by atoms with Crippen molar-refractivity contribution in [1.82, 2.24) is 9.88 Å². The minimum atomic E-state index is 0.671. The quantitative estimate of drug-likeness (QED) is 0.622. The molecule has 4 heteroatoms. The normalized spacial score (nSPS) is 25.2. The van der Waals surface area contributed by atoms with Crippen LogP contribution in [0, 0.1) is 6.92 Å². The summed E-state index contributed by atoms with van der Waals surface area (Å²) in [5.41, 5.74) is 2.42. The number of benzene rings is 1. The summed E-state index contributed by atoms with van der Waals surface area (Å²) < 4.78 is 1.12. The monoisotopic (exact) mass is 404 g/mol. The smallest absolute Gasteiger partial charge is 0.0966 e. The summed E-state index contributed by atoms with van der Waals surface area (Å²) in [4.78, 5) is 9.16. The van der Waals surface area contributed by atoms with Gasteiger partial charge in [0.05, 0.1) is 10.7 Å². The second kappa shape index (κ2) is 7.27. The Labute approximate surface area is 157 Å². The van der Waals surface area contributed by atoms with Crippen molar-refractivity contribution in [3.63, 3.8) is 0 Å². The Morgan fingerprint density at radius 2 is 1.83 bits per heavy atom. The van der Waals surface area contributed by atoms with Crippen molar-refractivity contribution >= 4 is 27.3 Å². The maximum atomic E-state index is 5.06. The summed E-state index contributed by atoms with van der Waals surface area (Å²) in [5, 5.41) is 1.37. The van der Waals surface area contributed by atoms with Gasteiger partial charge in [0.25, 0.3) is 0 Å². The topological polar surface area (TPSA) is 16.1 Å². The first-order chi connectivity index (χ1) is 11.7. The molecule has 2 heterocycles. The summed E-state index contributed by atoms with van der Waals surface area (Å²) in [7, 11) is 0. The SMILES string of the molecule is Cc1sc(C2CCC(N3CCCCC3)C2)nc1-c1ccc(Br)cc1. The van der Waals surface area contributed by atoms with Gasteiger partial charge in [0.1, 0.15) is 0 Å². The Balaban J connectivity index is 1.49. The fourth-order valence-corrected chi connectivity index (χ4v) is 5.62. The molecule has 1 aromatic heterocycles. The van der Waals surface area contributed by atoms with Crippen molar-refractivity contribution < 1.29 is 0 Å². The summed E-state index contributed by atoms with van der Waals surface area (Å²) in [6.45, 7) is 4.85. The molecule has 2 aliphatic rings. The van der Waals surface area contributed by atoms with Gasteiger partial charge in [-0.3, -0.25) is 0 Å². The van der Waals surface area contributed by atoms with Crippen molar-refractivity contribution in [3.8, 4) is 11.3 Å². The maximum absolute atomic E-state index is 5.06. The lowest BCUT2D eigenvalue weighted by molar-refractivity contribution is 0.164. The van der Waals surface area contributed by atoms with Crippen molar-refractivity contribution in [3.05, 3.63) is 38.6 Å². The molecule has 2 unspecified atom stereocenters. The molecule has 1 aliphatic carbocycles. The summed E-state index contributed by atoms with van der Waals surface area (Å²) in [6, 6.07) is 9.35. The molecule has 1 saturated carbocycles. The Hall–Kier alpha value is -0.710. The van der Waals surface area contributed by atoms with E-state index in [0.29, 0.717) is 5.92 Å². The molecule has 0 spiro atoms. The van der Waals surface area contributed by atoms with Crippen LogP contribution in [0.5, 0.6) is 0 Å². The average Bonchev–Trinajstić information content (AvgIpc) is 3.23. The summed E-state index contributed by atoms with van der Waals surface area (Å²) in [6.07, 6.45) is 8.20. The van der Waals surface area contributed by atoms with E-state index in [1.807, 2.05) is 11.3 Å². The molecule has 0 bridgehead atoms. The molecule has 2 nitrogen and oxygen atoms in total. The number of aromatic nitrogens is 1. The van der Waals surface area contributed by atoms with Crippen LogP contribution in [0.25, 0.3) is 11.3 Å². The van der Waals surface area contributed by atoms with Gasteiger partial charge in [0, 0.05) is 26.9 Å². The molecule has 2 atom stereocenters. The van der Waals surface area contributed by atoms with Crippen LogP contribution in [0.3, 0.4) is 0 Å². The van der Waals surface area contributed by atoms with Crippen molar-refractivity contribution in [2.75, 3.05) is 13.1 Å². The van der Waals surface area contributed by atoms with Crippen molar-refractivity contribution in [2.45, 2.75) is 57.4 Å². The molecular formula is C20H25BrN2S. The maximum Gasteiger partial charge on any atom is 0.0966 e. The molecule has 4 rings (SSSR count). The van der Waals surface area contributed by atoms with Crippen LogP contribution in [0.15, 0.2) is 28.7 Å². The van der Waals surface area contributed by atoms with Crippen LogP contribution < -0.4 is 0 Å². The number of aryl methyl sites for hydroxylation is 1. The first-order valence-electron chi connectivity index (χ1n) is 9.18. The minimum absolute atomic E-state index is 0.671. The fraction of sp³-hybridized carbons (Fsp3) is 0.550. The Bertz CT molecular complexity index is 688. The Morgan fingerprint density at radius 1 is 1.08 bits per heavy atom. The average molecular weight is 405 g/mol. The number of nitrogens with zero attached hydrogens (tertiary/aromatic N) is 2. The van der Waals surface area contributed by atoms with Crippen molar-refractivity contribution in [1.29, 1.82) is 0 Å². The number of piperidine rings is 1. The highest BCUT2D eigenvalue weighted by Gasteiger charge is 2.32. The molecule has 1 saturated heterocycles. The predicted octanol–water partition coefficient (Wildman–Crippen LogP) is 6.00. The highest BCUT2D eigenvalue weighted by molar-refractivity contribution is 9.10. The molecule has 24 heavy (non-hydrogen) atoms. The zero-order chi connectivity index (χ0) is 16.5. The second-order valence-corrected chi connectivity index (χ2v) is 9.37. The zero-order valence-corrected chi connectivity index (χ0v) is 16.7. The van der Waals surface area contributed by atoms with E-state index in [-0.39, 0.29) is 0 Å². The zero-order valence-electron chi connectivity index (χ0n) is 14.3. The molecule has 0 N–H and O–H groups in total. The van der Waals surface area contributed by atoms with E-state index in [0.717, 1.165) is 10.5 Å². The largest absolute Gasteiger partial charge is 0.300 e. The van der Waals surface area contributed by atoms with Crippen LogP contribution in [0.2, 0.25) is 0 Å². The standard InChI is InChI=1S/C20H25BrN2S/c1-14-19(15-5-8-17(21)9-6-15)22-20(24-14)16-7-10-18(13-16)23-11-3-2-4-12-23/h5-6,8-9,16,18H,2-4,7,10-13H2,1H3. The lowest BCUT2D eigenvalue weighted by Crippen LogP contribution is -2.37. The number of thiazole rings is 1. The Kier molecular flexibility index (Phi) is 5.07. The van der Waals surface area contributed by atoms with Gasteiger partial charge in [0.15, 0.2) is 0 Å². The number of likely N-dealkylation sites (tertiary alicyclic amines) is 1. The Morgan fingerprint density at radius 3 is 2.58 bits per heavy atom. The van der Waals surface area contributed by atoms with E-state index >= 15 is 0 Å². The van der Waals surface area contributed by atoms with Crippen LogP contribution in [-0.4, -0.2) is 29.0 Å². The third-order valence-electron chi connectivity index (χ3n) is 5.59. The van der Waals surface area contributed by atoms with E-state index in [1.54, 1.807) is 0 Å². The molecule has 2 aromatic rings. The van der Waals surface area contributed by atoms with Gasteiger partial charge in [-0.05, 0) is 64.3 Å². The van der Waals surface area contributed by atoms with Gasteiger partial charge in [-0.25, -0.2) is 4.98 Å². The highest BCUT2D eigenvalue weighted by Crippen LogP contribution is 2.41. The first kappa shape index (κ1) is 16.7. The van der Waals surface area contributed by atoms with E-state index in [1.165, 1.54) is 72.8 Å². The third-order valence-corrected chi connectivity index (χ3v) is 7.25. The van der Waals surface area contributed by atoms with Crippen LogP contribution >= 0.6 is 27.3 Å². The molecule has 0 radical (unpaired) electrons. The van der Waals surface area contributed by atoms with Crippen LogP contribution in [0.4, 0.5) is 0 Å². The number of hydrogen-bond donors (Lipinski definition) is 0. The van der Waals surface area contributed by atoms with Crippen LogP contribution in [0.1, 0.15) is 54.3 Å². The molecule has 0 amide bonds. The molecular weight excluding hydrogens is 380 g/mol. The van der Waals surface area contributed by atoms with Crippen LogP contribution in [-0.2, 0) is 0 Å². The van der Waals surface area contributed by atoms with E-state index < -0.39 is 0 Å². The van der Waals surface area contributed by atoms with E-state index in [2.05, 4.69) is 52.0 Å². The lowest BCUT2D eigenvalue weighted by atomic mass is 10.1. The van der Waals surface area contributed by atoms with Gasteiger partial charge >= 0.3 is 0 Å². The summed E-state index contributed by atoms with van der Waals surface area (Å²) in [5.74, 6) is 0.671. The second-order valence-electron chi connectivity index (χ2n) is 7.22. The van der Waals surface area contributed by atoms with Crippen molar-refractivity contribution in [2.24, 2.45) is 0 Å². The molecule has 1 aliphatic heterocycles. The first-order valence-corrected chi connectivity index (χ1v) is 10.8. The van der Waals surface area contributed by atoms with Gasteiger partial charge < -0.3 is 4.90 Å². The molecule has 128 valence electrons. The third kappa shape index (κ3) is 3.47. The molecule has 2 fully saturated rings. The highest BCUT2D eigenvalue weighted by atomic mass is 79.9. The predicted molar refractivity (Wildman–Crippen MR) is 106 cm³/mol. The van der Waals surface area contributed by atoms with Gasteiger partial charge in [-0.1, -0.05) is 34.5 Å². The van der Waals surface area contributed by atoms with Gasteiger partial charge in [0.2, 0.25) is 0 Å². The lowest BCUT2D eigenvalue weighted by Gasteiger charge is -2.32. The fourth-order valence-electron chi connectivity index (χ4n) is 4.26. The minimum Gasteiger partial charge on any atom is -0.300 e. The molecule has 1 aromatic carbocycles. The van der Waals surface area contributed by atoms with Gasteiger partial charge in [-0.2, -0.15) is 0 Å². The summed E-state index contributed by atoms with van der Waals surface area (Å²) >= 11 is 5.44. The number of hydrogen-bond acceptors (Lipinski definition) is 3.